The van der Waals surface area contributed by atoms with E-state index in [0.29, 0.717) is 6.42 Å². The normalized spacial score (nSPS) is 27.4. The van der Waals surface area contributed by atoms with Gasteiger partial charge < -0.3 is 14.7 Å². The third kappa shape index (κ3) is 3.46. The molecule has 5 nitrogen and oxygen atoms in total. The van der Waals surface area contributed by atoms with Crippen molar-refractivity contribution in [2.24, 2.45) is 5.41 Å². The summed E-state index contributed by atoms with van der Waals surface area (Å²) < 4.78 is 45.2. The molecule has 1 saturated carbocycles. The Balaban J connectivity index is 2.06. The monoisotopic (exact) mass is 337 g/mol. The van der Waals surface area contributed by atoms with Crippen LogP contribution in [0.1, 0.15) is 45.4 Å². The molecule has 0 aromatic heterocycles. The molecular weight excluding hydrogens is 315 g/mol. The third-order valence-corrected chi connectivity index (χ3v) is 4.84. The standard InChI is InChI=1S/C15H22F3NO4/c1-2-11(23-10-5-3-4-6-10)12(20)19-8-7-14(9-19,13(21)22)15(16,17)18/h10-11H,2-9H2,1H3,(H,21,22). The van der Waals surface area contributed by atoms with E-state index in [1.807, 2.05) is 0 Å². The minimum atomic E-state index is -4.89. The Hall–Kier alpha value is -1.31. The molecule has 1 N–H and O–H groups in total. The number of carboxylic acids is 1. The maximum Gasteiger partial charge on any atom is 0.406 e. The van der Waals surface area contributed by atoms with E-state index in [2.05, 4.69) is 0 Å². The first kappa shape index (κ1) is 18.0. The Kier molecular flexibility index (Phi) is 5.23. The van der Waals surface area contributed by atoms with Crippen molar-refractivity contribution in [2.45, 2.75) is 63.8 Å². The number of carboxylic acid groups (broad SMARTS) is 1. The summed E-state index contributed by atoms with van der Waals surface area (Å²) in [6.45, 7) is 0.687. The fourth-order valence-corrected chi connectivity index (χ4v) is 3.31. The van der Waals surface area contributed by atoms with E-state index in [9.17, 15) is 22.8 Å². The van der Waals surface area contributed by atoms with Crippen molar-refractivity contribution in [3.05, 3.63) is 0 Å². The Bertz CT molecular complexity index is 462. The first-order valence-electron chi connectivity index (χ1n) is 7.95. The van der Waals surface area contributed by atoms with E-state index in [0.717, 1.165) is 30.6 Å². The Morgan fingerprint density at radius 2 is 1.96 bits per heavy atom. The molecule has 1 saturated heterocycles. The molecule has 2 fully saturated rings. The molecular formula is C15H22F3NO4. The summed E-state index contributed by atoms with van der Waals surface area (Å²) >= 11 is 0. The van der Waals surface area contributed by atoms with Crippen LogP contribution in [-0.4, -0.2) is 53.4 Å². The van der Waals surface area contributed by atoms with Crippen LogP contribution in [0, 0.1) is 5.41 Å². The van der Waals surface area contributed by atoms with Crippen molar-refractivity contribution in [3.8, 4) is 0 Å². The van der Waals surface area contributed by atoms with Gasteiger partial charge in [0.15, 0.2) is 5.41 Å². The zero-order valence-electron chi connectivity index (χ0n) is 13.1. The number of alkyl halides is 3. The van der Waals surface area contributed by atoms with Gasteiger partial charge in [-0.2, -0.15) is 13.2 Å². The predicted molar refractivity (Wildman–Crippen MR) is 74.7 cm³/mol. The lowest BCUT2D eigenvalue weighted by atomic mass is 9.86. The van der Waals surface area contributed by atoms with Crippen molar-refractivity contribution >= 4 is 11.9 Å². The number of carbonyl (C=O) groups excluding carboxylic acids is 1. The van der Waals surface area contributed by atoms with Crippen molar-refractivity contribution in [2.75, 3.05) is 13.1 Å². The zero-order chi connectivity index (χ0) is 17.3. The molecule has 2 unspecified atom stereocenters. The maximum absolute atomic E-state index is 13.2. The van der Waals surface area contributed by atoms with Crippen molar-refractivity contribution in [1.82, 2.24) is 4.90 Å². The number of aliphatic carboxylic acids is 1. The van der Waals surface area contributed by atoms with Gasteiger partial charge in [0.05, 0.1) is 6.10 Å². The number of halogens is 3. The van der Waals surface area contributed by atoms with Crippen LogP contribution in [0.5, 0.6) is 0 Å². The fourth-order valence-electron chi connectivity index (χ4n) is 3.31. The summed E-state index contributed by atoms with van der Waals surface area (Å²) in [4.78, 5) is 24.6. The molecule has 8 heteroatoms. The Labute approximate surface area is 132 Å². The Morgan fingerprint density at radius 1 is 1.35 bits per heavy atom. The largest absolute Gasteiger partial charge is 0.481 e. The number of hydrogen-bond donors (Lipinski definition) is 1. The van der Waals surface area contributed by atoms with Gasteiger partial charge in [-0.25, -0.2) is 0 Å². The molecule has 1 amide bonds. The summed E-state index contributed by atoms with van der Waals surface area (Å²) in [6.07, 6.45) is -2.22. The van der Waals surface area contributed by atoms with Gasteiger partial charge in [0.25, 0.3) is 5.91 Å². The summed E-state index contributed by atoms with van der Waals surface area (Å²) in [5, 5.41) is 9.04. The summed E-state index contributed by atoms with van der Waals surface area (Å²) in [5.74, 6) is -2.46. The van der Waals surface area contributed by atoms with Crippen LogP contribution in [0.25, 0.3) is 0 Å². The van der Waals surface area contributed by atoms with Crippen LogP contribution in [0.2, 0.25) is 0 Å². The summed E-state index contributed by atoms with van der Waals surface area (Å²) in [7, 11) is 0. The average Bonchev–Trinajstić information content (AvgIpc) is 3.13. The van der Waals surface area contributed by atoms with Gasteiger partial charge in [0.1, 0.15) is 6.10 Å². The molecule has 1 heterocycles. The third-order valence-electron chi connectivity index (χ3n) is 4.84. The SMILES string of the molecule is CCC(OC1CCCC1)C(=O)N1CCC(C(=O)O)(C(F)(F)F)C1. The topological polar surface area (TPSA) is 66.8 Å². The zero-order valence-corrected chi connectivity index (χ0v) is 13.1. The molecule has 0 aromatic carbocycles. The highest BCUT2D eigenvalue weighted by molar-refractivity contribution is 5.84. The second-order valence-electron chi connectivity index (χ2n) is 6.33. The van der Waals surface area contributed by atoms with Gasteiger partial charge >= 0.3 is 12.1 Å². The number of carbonyl (C=O) groups is 2. The second-order valence-corrected chi connectivity index (χ2v) is 6.33. The lowest BCUT2D eigenvalue weighted by molar-refractivity contribution is -0.227. The van der Waals surface area contributed by atoms with Gasteiger partial charge in [-0.1, -0.05) is 19.8 Å². The highest BCUT2D eigenvalue weighted by Gasteiger charge is 2.64. The summed E-state index contributed by atoms with van der Waals surface area (Å²) in [5.41, 5.74) is -2.87. The van der Waals surface area contributed by atoms with Crippen LogP contribution in [0.4, 0.5) is 13.2 Å². The molecule has 0 bridgehead atoms. The Morgan fingerprint density at radius 3 is 2.39 bits per heavy atom. The number of likely N-dealkylation sites (tertiary alicyclic amines) is 1. The summed E-state index contributed by atoms with van der Waals surface area (Å²) in [6, 6.07) is 0. The fraction of sp³-hybridized carbons (Fsp3) is 0.867. The molecule has 2 rings (SSSR count). The molecule has 2 atom stereocenters. The van der Waals surface area contributed by atoms with Crippen LogP contribution in [-0.2, 0) is 14.3 Å². The van der Waals surface area contributed by atoms with Crippen molar-refractivity contribution < 1.29 is 32.6 Å². The maximum atomic E-state index is 13.2. The van der Waals surface area contributed by atoms with Crippen molar-refractivity contribution in [1.29, 1.82) is 0 Å². The number of rotatable bonds is 5. The van der Waals surface area contributed by atoms with Crippen LogP contribution >= 0.6 is 0 Å². The second kappa shape index (κ2) is 6.67. The first-order valence-corrected chi connectivity index (χ1v) is 7.95. The molecule has 2 aliphatic rings. The van der Waals surface area contributed by atoms with Crippen LogP contribution in [0.15, 0.2) is 0 Å². The lowest BCUT2D eigenvalue weighted by Crippen LogP contribution is -2.49. The molecule has 23 heavy (non-hydrogen) atoms. The van der Waals surface area contributed by atoms with E-state index in [1.165, 1.54) is 0 Å². The first-order chi connectivity index (χ1) is 10.7. The number of ether oxygens (including phenoxy) is 1. The van der Waals surface area contributed by atoms with Gasteiger partial charge in [-0.15, -0.1) is 0 Å². The molecule has 0 aromatic rings. The van der Waals surface area contributed by atoms with Crippen molar-refractivity contribution in [3.63, 3.8) is 0 Å². The molecule has 1 aliphatic carbocycles. The smallest absolute Gasteiger partial charge is 0.406 e. The van der Waals surface area contributed by atoms with E-state index in [4.69, 9.17) is 9.84 Å². The van der Waals surface area contributed by atoms with Gasteiger partial charge in [-0.3, -0.25) is 9.59 Å². The average molecular weight is 337 g/mol. The molecule has 132 valence electrons. The van der Waals surface area contributed by atoms with E-state index in [-0.39, 0.29) is 12.6 Å². The quantitative estimate of drug-likeness (QED) is 0.837. The highest BCUT2D eigenvalue weighted by Crippen LogP contribution is 2.46. The van der Waals surface area contributed by atoms with E-state index >= 15 is 0 Å². The molecule has 0 radical (unpaired) electrons. The van der Waals surface area contributed by atoms with Gasteiger partial charge in [0, 0.05) is 13.1 Å². The minimum Gasteiger partial charge on any atom is -0.481 e. The van der Waals surface area contributed by atoms with E-state index in [1.54, 1.807) is 6.92 Å². The van der Waals surface area contributed by atoms with Crippen LogP contribution in [0.3, 0.4) is 0 Å². The highest BCUT2D eigenvalue weighted by atomic mass is 19.4. The minimum absolute atomic E-state index is 0.0293. The lowest BCUT2D eigenvalue weighted by Gasteiger charge is -2.29. The molecule has 0 spiro atoms. The predicted octanol–water partition coefficient (Wildman–Crippen LogP) is 2.59. The van der Waals surface area contributed by atoms with Gasteiger partial charge in [-0.05, 0) is 25.7 Å². The van der Waals surface area contributed by atoms with Gasteiger partial charge in [0.2, 0.25) is 0 Å². The number of nitrogens with zero attached hydrogens (tertiary/aromatic N) is 1. The number of amides is 1. The van der Waals surface area contributed by atoms with Crippen LogP contribution < -0.4 is 0 Å². The number of hydrogen-bond acceptors (Lipinski definition) is 3. The molecule has 1 aliphatic heterocycles. The van der Waals surface area contributed by atoms with E-state index < -0.39 is 42.5 Å².